The fraction of sp³-hybridized carbons (Fsp3) is 0.267. The molecular formula is C30H29F. The lowest BCUT2D eigenvalue weighted by atomic mass is 10.0. The molecule has 0 spiro atoms. The fourth-order valence-corrected chi connectivity index (χ4v) is 3.31. The van der Waals surface area contributed by atoms with Crippen molar-refractivity contribution < 1.29 is 4.39 Å². The number of unbranched alkanes of at least 4 members (excludes halogenated alkanes) is 4. The molecule has 0 nitrogen and oxygen atoms in total. The molecule has 0 aliphatic heterocycles. The molecule has 0 aliphatic carbocycles. The molecule has 3 aromatic rings. The highest BCUT2D eigenvalue weighted by Crippen LogP contribution is 2.14. The van der Waals surface area contributed by atoms with Crippen molar-refractivity contribution in [3.05, 3.63) is 106 Å². The molecule has 0 aliphatic rings. The minimum atomic E-state index is -0.237. The van der Waals surface area contributed by atoms with Gasteiger partial charge in [0.25, 0.3) is 0 Å². The van der Waals surface area contributed by atoms with Gasteiger partial charge in [-0.2, -0.15) is 0 Å². The van der Waals surface area contributed by atoms with Crippen LogP contribution in [0.4, 0.5) is 4.39 Å². The lowest BCUT2D eigenvalue weighted by Crippen LogP contribution is -1.91. The summed E-state index contributed by atoms with van der Waals surface area (Å²) >= 11 is 0. The molecule has 0 atom stereocenters. The Hall–Kier alpha value is -3.29. The number of aryl methyl sites for hydroxylation is 2. The lowest BCUT2D eigenvalue weighted by Gasteiger charge is -2.03. The molecule has 3 rings (SSSR count). The summed E-state index contributed by atoms with van der Waals surface area (Å²) in [6, 6.07) is 21.3. The third-order valence-corrected chi connectivity index (χ3v) is 5.23. The molecule has 31 heavy (non-hydrogen) atoms. The zero-order valence-corrected chi connectivity index (χ0v) is 18.5. The molecule has 0 radical (unpaired) electrons. The average Bonchev–Trinajstić information content (AvgIpc) is 2.79. The smallest absolute Gasteiger partial charge is 0.139 e. The van der Waals surface area contributed by atoms with Gasteiger partial charge in [0.2, 0.25) is 0 Å². The first-order chi connectivity index (χ1) is 15.1. The second-order valence-corrected chi connectivity index (χ2v) is 7.92. The van der Waals surface area contributed by atoms with Crippen LogP contribution in [0.5, 0.6) is 0 Å². The van der Waals surface area contributed by atoms with E-state index >= 15 is 0 Å². The first-order valence-corrected chi connectivity index (χ1v) is 11.1. The maximum atomic E-state index is 14.4. The van der Waals surface area contributed by atoms with Crippen molar-refractivity contribution in [3.8, 4) is 23.7 Å². The van der Waals surface area contributed by atoms with Crippen molar-refractivity contribution in [2.24, 2.45) is 0 Å². The summed E-state index contributed by atoms with van der Waals surface area (Å²) in [5.41, 5.74) is 5.49. The van der Waals surface area contributed by atoms with Gasteiger partial charge in [0.15, 0.2) is 0 Å². The zero-order valence-electron chi connectivity index (χ0n) is 18.5. The van der Waals surface area contributed by atoms with Crippen LogP contribution >= 0.6 is 0 Å². The van der Waals surface area contributed by atoms with Gasteiger partial charge in [0.1, 0.15) is 5.82 Å². The summed E-state index contributed by atoms with van der Waals surface area (Å²) in [6.45, 7) is 4.27. The van der Waals surface area contributed by atoms with Gasteiger partial charge in [-0.15, -0.1) is 0 Å². The summed E-state index contributed by atoms with van der Waals surface area (Å²) in [7, 11) is 0. The molecule has 156 valence electrons. The normalized spacial score (nSPS) is 10.0. The molecular weight excluding hydrogens is 379 g/mol. The van der Waals surface area contributed by atoms with E-state index < -0.39 is 0 Å². The van der Waals surface area contributed by atoms with E-state index in [2.05, 4.69) is 49.7 Å². The average molecular weight is 409 g/mol. The Morgan fingerprint density at radius 2 is 1.19 bits per heavy atom. The van der Waals surface area contributed by atoms with E-state index in [9.17, 15) is 4.39 Å². The summed E-state index contributed by atoms with van der Waals surface area (Å²) in [4.78, 5) is 0. The van der Waals surface area contributed by atoms with Crippen LogP contribution in [0.25, 0.3) is 0 Å². The molecule has 0 saturated heterocycles. The molecule has 0 bridgehead atoms. The maximum absolute atomic E-state index is 14.4. The Balaban J connectivity index is 1.59. The van der Waals surface area contributed by atoms with E-state index in [1.807, 2.05) is 42.5 Å². The minimum absolute atomic E-state index is 0.237. The molecule has 0 fully saturated rings. The van der Waals surface area contributed by atoms with E-state index in [0.717, 1.165) is 35.1 Å². The van der Waals surface area contributed by atoms with E-state index in [-0.39, 0.29) is 5.82 Å². The van der Waals surface area contributed by atoms with Crippen LogP contribution in [0.2, 0.25) is 0 Å². The Bertz CT molecular complexity index is 1100. The van der Waals surface area contributed by atoms with Crippen molar-refractivity contribution in [1.82, 2.24) is 0 Å². The van der Waals surface area contributed by atoms with Crippen LogP contribution in [0.3, 0.4) is 0 Å². The van der Waals surface area contributed by atoms with Crippen LogP contribution in [-0.2, 0) is 6.42 Å². The molecule has 0 heterocycles. The molecule has 0 aromatic heterocycles. The van der Waals surface area contributed by atoms with Crippen LogP contribution in [-0.4, -0.2) is 0 Å². The van der Waals surface area contributed by atoms with Crippen LogP contribution < -0.4 is 0 Å². The maximum Gasteiger partial charge on any atom is 0.139 e. The number of benzene rings is 3. The lowest BCUT2D eigenvalue weighted by molar-refractivity contribution is 0.613. The highest BCUT2D eigenvalue weighted by molar-refractivity contribution is 5.48. The Labute approximate surface area is 186 Å². The van der Waals surface area contributed by atoms with E-state index in [0.29, 0.717) is 5.56 Å². The van der Waals surface area contributed by atoms with Crippen molar-refractivity contribution in [2.75, 3.05) is 0 Å². The first kappa shape index (κ1) is 22.4. The Kier molecular flexibility index (Phi) is 8.51. The highest BCUT2D eigenvalue weighted by Gasteiger charge is 2.02. The second-order valence-electron chi connectivity index (χ2n) is 7.92. The van der Waals surface area contributed by atoms with Gasteiger partial charge in [-0.05, 0) is 73.9 Å². The Morgan fingerprint density at radius 3 is 1.77 bits per heavy atom. The van der Waals surface area contributed by atoms with Crippen molar-refractivity contribution in [1.29, 1.82) is 0 Å². The summed E-state index contributed by atoms with van der Waals surface area (Å²) in [5, 5.41) is 0. The summed E-state index contributed by atoms with van der Waals surface area (Å²) in [5.74, 6) is 12.1. The third-order valence-electron chi connectivity index (χ3n) is 5.23. The standard InChI is InChI=1S/C30H29F/c1-3-4-5-6-7-8-28-20-22-29(30(31)23-28)21-19-27-17-15-26(16-18-27)14-13-25-11-9-24(2)10-12-25/h9-12,15-18,20,22-23H,3-8H2,1-2H3. The van der Waals surface area contributed by atoms with Gasteiger partial charge in [0.05, 0.1) is 5.56 Å². The van der Waals surface area contributed by atoms with Crippen molar-refractivity contribution in [2.45, 2.75) is 52.4 Å². The Morgan fingerprint density at radius 1 is 0.645 bits per heavy atom. The van der Waals surface area contributed by atoms with Crippen LogP contribution in [0.15, 0.2) is 66.7 Å². The topological polar surface area (TPSA) is 0 Å². The predicted octanol–water partition coefficient (Wildman–Crippen LogP) is 7.45. The number of hydrogen-bond acceptors (Lipinski definition) is 0. The van der Waals surface area contributed by atoms with E-state index in [1.165, 1.54) is 31.2 Å². The minimum Gasteiger partial charge on any atom is -0.206 e. The number of rotatable bonds is 6. The van der Waals surface area contributed by atoms with Gasteiger partial charge >= 0.3 is 0 Å². The quantitative estimate of drug-likeness (QED) is 0.293. The van der Waals surface area contributed by atoms with Gasteiger partial charge in [-0.25, -0.2) is 4.39 Å². The molecule has 0 unspecified atom stereocenters. The fourth-order valence-electron chi connectivity index (χ4n) is 3.31. The second kappa shape index (κ2) is 11.8. The largest absolute Gasteiger partial charge is 0.206 e. The van der Waals surface area contributed by atoms with Crippen LogP contribution in [0.1, 0.15) is 72.4 Å². The molecule has 1 heteroatoms. The predicted molar refractivity (Wildman–Crippen MR) is 128 cm³/mol. The summed E-state index contributed by atoms with van der Waals surface area (Å²) in [6.07, 6.45) is 7.04. The molecule has 3 aromatic carbocycles. The SMILES string of the molecule is CCCCCCCc1ccc(C#Cc2ccc(C#Cc3ccc(C)cc3)cc2)c(F)c1. The molecule has 0 saturated carbocycles. The van der Waals surface area contributed by atoms with Gasteiger partial charge in [-0.1, -0.05) is 80.1 Å². The van der Waals surface area contributed by atoms with E-state index in [1.54, 1.807) is 12.1 Å². The third kappa shape index (κ3) is 7.47. The highest BCUT2D eigenvalue weighted by atomic mass is 19.1. The number of halogens is 1. The summed E-state index contributed by atoms with van der Waals surface area (Å²) < 4.78 is 14.4. The van der Waals surface area contributed by atoms with E-state index in [4.69, 9.17) is 0 Å². The molecule has 0 N–H and O–H groups in total. The monoisotopic (exact) mass is 408 g/mol. The van der Waals surface area contributed by atoms with Crippen molar-refractivity contribution in [3.63, 3.8) is 0 Å². The number of hydrogen-bond donors (Lipinski definition) is 0. The van der Waals surface area contributed by atoms with Crippen LogP contribution in [0, 0.1) is 36.4 Å². The van der Waals surface area contributed by atoms with Gasteiger partial charge < -0.3 is 0 Å². The van der Waals surface area contributed by atoms with Crippen molar-refractivity contribution >= 4 is 0 Å². The first-order valence-electron chi connectivity index (χ1n) is 11.1. The zero-order chi connectivity index (χ0) is 21.9. The van der Waals surface area contributed by atoms with Gasteiger partial charge in [-0.3, -0.25) is 0 Å². The molecule has 0 amide bonds. The van der Waals surface area contributed by atoms with Gasteiger partial charge in [0, 0.05) is 16.7 Å².